The number of hydrogen-bond acceptors (Lipinski definition) is 5. The average Bonchev–Trinajstić information content (AvgIpc) is 2.94. The van der Waals surface area contributed by atoms with E-state index in [0.29, 0.717) is 17.9 Å². The molecule has 0 aromatic carbocycles. The Morgan fingerprint density at radius 2 is 2.16 bits per heavy atom. The van der Waals surface area contributed by atoms with Gasteiger partial charge in [-0.25, -0.2) is 0 Å². The zero-order chi connectivity index (χ0) is 13.7. The van der Waals surface area contributed by atoms with E-state index in [-0.39, 0.29) is 5.91 Å². The molecule has 19 heavy (non-hydrogen) atoms. The molecular formula is C13H21N3O3. The zero-order valence-electron chi connectivity index (χ0n) is 11.3. The lowest BCUT2D eigenvalue weighted by molar-refractivity contribution is 0.0593. The molecule has 1 amide bonds. The van der Waals surface area contributed by atoms with Crippen molar-refractivity contribution in [3.05, 3.63) is 23.7 Å². The van der Waals surface area contributed by atoms with Crippen molar-refractivity contribution in [2.45, 2.75) is 6.54 Å². The summed E-state index contributed by atoms with van der Waals surface area (Å²) >= 11 is 0. The molecule has 0 saturated carbocycles. The summed E-state index contributed by atoms with van der Waals surface area (Å²) in [4.78, 5) is 16.4. The van der Waals surface area contributed by atoms with Crippen LogP contribution in [0.5, 0.6) is 0 Å². The summed E-state index contributed by atoms with van der Waals surface area (Å²) < 4.78 is 10.3. The van der Waals surface area contributed by atoms with Gasteiger partial charge in [0.15, 0.2) is 0 Å². The first kappa shape index (κ1) is 14.0. The van der Waals surface area contributed by atoms with Gasteiger partial charge in [0, 0.05) is 39.8 Å². The SMILES string of the molecule is COCCN1CCN(C(=O)c2coc(CN)c2)CC1. The topological polar surface area (TPSA) is 71.9 Å². The van der Waals surface area contributed by atoms with Crippen molar-refractivity contribution >= 4 is 5.91 Å². The summed E-state index contributed by atoms with van der Waals surface area (Å²) in [7, 11) is 1.70. The highest BCUT2D eigenvalue weighted by Gasteiger charge is 2.22. The summed E-state index contributed by atoms with van der Waals surface area (Å²) in [6, 6.07) is 1.72. The quantitative estimate of drug-likeness (QED) is 0.822. The second-order valence-corrected chi connectivity index (χ2v) is 4.63. The molecule has 2 rings (SSSR count). The Kier molecular flexibility index (Phi) is 4.95. The van der Waals surface area contributed by atoms with E-state index in [1.54, 1.807) is 13.2 Å². The molecule has 0 unspecified atom stereocenters. The number of rotatable bonds is 5. The first-order valence-electron chi connectivity index (χ1n) is 6.52. The van der Waals surface area contributed by atoms with E-state index in [0.717, 1.165) is 39.3 Å². The standard InChI is InChI=1S/C13H21N3O3/c1-18-7-6-15-2-4-16(5-3-15)13(17)11-8-12(9-14)19-10-11/h8,10H,2-7,9,14H2,1H3. The van der Waals surface area contributed by atoms with Crippen LogP contribution in [-0.4, -0.2) is 62.1 Å². The number of carbonyl (C=O) groups is 1. The smallest absolute Gasteiger partial charge is 0.257 e. The maximum Gasteiger partial charge on any atom is 0.257 e. The van der Waals surface area contributed by atoms with Crippen LogP contribution in [0.25, 0.3) is 0 Å². The number of ether oxygens (including phenoxy) is 1. The molecule has 0 atom stereocenters. The molecule has 0 spiro atoms. The van der Waals surface area contributed by atoms with Gasteiger partial charge in [-0.3, -0.25) is 9.69 Å². The van der Waals surface area contributed by atoms with Crippen molar-refractivity contribution in [1.82, 2.24) is 9.80 Å². The van der Waals surface area contributed by atoms with Gasteiger partial charge in [0.25, 0.3) is 5.91 Å². The second-order valence-electron chi connectivity index (χ2n) is 4.63. The number of carbonyl (C=O) groups excluding carboxylic acids is 1. The minimum atomic E-state index is 0.0230. The Balaban J connectivity index is 1.85. The number of nitrogens with zero attached hydrogens (tertiary/aromatic N) is 2. The molecule has 1 aromatic heterocycles. The normalized spacial score (nSPS) is 16.8. The molecule has 1 aliphatic heterocycles. The van der Waals surface area contributed by atoms with Crippen LogP contribution in [0, 0.1) is 0 Å². The van der Waals surface area contributed by atoms with Crippen LogP contribution in [0.2, 0.25) is 0 Å². The highest BCUT2D eigenvalue weighted by Crippen LogP contribution is 2.12. The highest BCUT2D eigenvalue weighted by molar-refractivity contribution is 5.94. The van der Waals surface area contributed by atoms with Gasteiger partial charge in [-0.15, -0.1) is 0 Å². The molecule has 0 aliphatic carbocycles. The van der Waals surface area contributed by atoms with Crippen molar-refractivity contribution in [3.8, 4) is 0 Å². The first-order valence-corrected chi connectivity index (χ1v) is 6.52. The average molecular weight is 267 g/mol. The Morgan fingerprint density at radius 1 is 1.42 bits per heavy atom. The molecule has 6 nitrogen and oxygen atoms in total. The molecule has 2 N–H and O–H groups in total. The summed E-state index contributed by atoms with van der Waals surface area (Å²) in [5, 5.41) is 0. The molecule has 2 heterocycles. The van der Waals surface area contributed by atoms with E-state index in [2.05, 4.69) is 4.90 Å². The van der Waals surface area contributed by atoms with E-state index in [9.17, 15) is 4.79 Å². The summed E-state index contributed by atoms with van der Waals surface area (Å²) in [5.74, 6) is 0.664. The number of amides is 1. The molecule has 0 bridgehead atoms. The lowest BCUT2D eigenvalue weighted by Crippen LogP contribution is -2.49. The number of piperazine rings is 1. The molecule has 106 valence electrons. The van der Waals surface area contributed by atoms with Gasteiger partial charge in [-0.05, 0) is 6.07 Å². The minimum Gasteiger partial charge on any atom is -0.467 e. The Bertz CT molecular complexity index is 411. The van der Waals surface area contributed by atoms with Gasteiger partial charge in [0.05, 0.1) is 18.7 Å². The van der Waals surface area contributed by atoms with Gasteiger partial charge in [0.2, 0.25) is 0 Å². The van der Waals surface area contributed by atoms with E-state index >= 15 is 0 Å². The van der Waals surface area contributed by atoms with Gasteiger partial charge < -0.3 is 19.8 Å². The fraction of sp³-hybridized carbons (Fsp3) is 0.615. The van der Waals surface area contributed by atoms with Crippen LogP contribution in [0.1, 0.15) is 16.1 Å². The van der Waals surface area contributed by atoms with Crippen molar-refractivity contribution in [2.24, 2.45) is 5.73 Å². The predicted molar refractivity (Wildman–Crippen MR) is 70.8 cm³/mol. The maximum absolute atomic E-state index is 12.2. The molecule has 6 heteroatoms. The summed E-state index contributed by atoms with van der Waals surface area (Å²) in [5.41, 5.74) is 6.06. The summed E-state index contributed by atoms with van der Waals surface area (Å²) in [6.45, 7) is 5.22. The summed E-state index contributed by atoms with van der Waals surface area (Å²) in [6.07, 6.45) is 1.49. The van der Waals surface area contributed by atoms with Gasteiger partial charge >= 0.3 is 0 Å². The zero-order valence-corrected chi connectivity index (χ0v) is 11.3. The number of hydrogen-bond donors (Lipinski definition) is 1. The fourth-order valence-corrected chi connectivity index (χ4v) is 2.18. The predicted octanol–water partition coefficient (Wildman–Crippen LogP) is 0.143. The third-order valence-corrected chi connectivity index (χ3v) is 3.37. The Labute approximate surface area is 113 Å². The van der Waals surface area contributed by atoms with Crippen LogP contribution in [-0.2, 0) is 11.3 Å². The third-order valence-electron chi connectivity index (χ3n) is 3.37. The lowest BCUT2D eigenvalue weighted by Gasteiger charge is -2.34. The van der Waals surface area contributed by atoms with Crippen LogP contribution >= 0.6 is 0 Å². The molecule has 0 radical (unpaired) electrons. The number of nitrogens with two attached hydrogens (primary N) is 1. The van der Waals surface area contributed by atoms with Crippen molar-refractivity contribution in [3.63, 3.8) is 0 Å². The Morgan fingerprint density at radius 3 is 2.74 bits per heavy atom. The van der Waals surface area contributed by atoms with Gasteiger partial charge in [0.1, 0.15) is 12.0 Å². The molecular weight excluding hydrogens is 246 g/mol. The maximum atomic E-state index is 12.2. The van der Waals surface area contributed by atoms with Crippen LogP contribution < -0.4 is 5.73 Å². The number of methoxy groups -OCH3 is 1. The van der Waals surface area contributed by atoms with E-state index < -0.39 is 0 Å². The fourth-order valence-electron chi connectivity index (χ4n) is 2.18. The molecule has 1 fully saturated rings. The van der Waals surface area contributed by atoms with Crippen molar-refractivity contribution < 1.29 is 13.9 Å². The van der Waals surface area contributed by atoms with E-state index in [1.165, 1.54) is 6.26 Å². The van der Waals surface area contributed by atoms with E-state index in [1.807, 2.05) is 4.90 Å². The third kappa shape index (κ3) is 3.56. The molecule has 1 aromatic rings. The van der Waals surface area contributed by atoms with Crippen LogP contribution in [0.4, 0.5) is 0 Å². The lowest BCUT2D eigenvalue weighted by atomic mass is 10.2. The van der Waals surface area contributed by atoms with Crippen LogP contribution in [0.3, 0.4) is 0 Å². The highest BCUT2D eigenvalue weighted by atomic mass is 16.5. The molecule has 1 aliphatic rings. The monoisotopic (exact) mass is 267 g/mol. The van der Waals surface area contributed by atoms with Crippen LogP contribution in [0.15, 0.2) is 16.7 Å². The number of furan rings is 1. The Hall–Kier alpha value is -1.37. The van der Waals surface area contributed by atoms with Crippen molar-refractivity contribution in [1.29, 1.82) is 0 Å². The molecule has 1 saturated heterocycles. The second kappa shape index (κ2) is 6.70. The van der Waals surface area contributed by atoms with Gasteiger partial charge in [-0.2, -0.15) is 0 Å². The van der Waals surface area contributed by atoms with Gasteiger partial charge in [-0.1, -0.05) is 0 Å². The largest absolute Gasteiger partial charge is 0.467 e. The van der Waals surface area contributed by atoms with Crippen molar-refractivity contribution in [2.75, 3.05) is 46.4 Å². The van der Waals surface area contributed by atoms with E-state index in [4.69, 9.17) is 14.9 Å². The first-order chi connectivity index (χ1) is 9.24. The minimum absolute atomic E-state index is 0.0230.